The lowest BCUT2D eigenvalue weighted by molar-refractivity contribution is 0.0950. The molecule has 0 fully saturated rings. The molecule has 1 N–H and O–H groups in total. The second-order valence-electron chi connectivity index (χ2n) is 5.32. The highest BCUT2D eigenvalue weighted by atomic mass is 16.1. The van der Waals surface area contributed by atoms with Crippen LogP contribution >= 0.6 is 0 Å². The third-order valence-electron chi connectivity index (χ3n) is 3.53. The number of hydrogen-bond acceptors (Lipinski definition) is 3. The molecule has 0 saturated heterocycles. The van der Waals surface area contributed by atoms with Gasteiger partial charge < -0.3 is 5.32 Å². The summed E-state index contributed by atoms with van der Waals surface area (Å²) in [5.74, 6) is -0.134. The molecule has 4 nitrogen and oxygen atoms in total. The number of aromatic nitrogens is 2. The SMILES string of the molecule is Cc1ccc(CNC(=O)c2ccc(-c3ccccn3)nc2)cc1. The first-order valence-electron chi connectivity index (χ1n) is 7.43. The Morgan fingerprint density at radius 3 is 2.39 bits per heavy atom. The molecule has 0 aliphatic rings. The summed E-state index contributed by atoms with van der Waals surface area (Å²) in [6.07, 6.45) is 3.30. The van der Waals surface area contributed by atoms with Gasteiger partial charge in [-0.05, 0) is 36.8 Å². The lowest BCUT2D eigenvalue weighted by Crippen LogP contribution is -2.22. The molecule has 0 spiro atoms. The molecule has 3 rings (SSSR count). The normalized spacial score (nSPS) is 10.3. The summed E-state index contributed by atoms with van der Waals surface area (Å²) in [5.41, 5.74) is 4.35. The van der Waals surface area contributed by atoms with Gasteiger partial charge in [-0.2, -0.15) is 0 Å². The van der Waals surface area contributed by atoms with Crippen LogP contribution in [0.1, 0.15) is 21.5 Å². The van der Waals surface area contributed by atoms with Crippen LogP contribution in [-0.4, -0.2) is 15.9 Å². The lowest BCUT2D eigenvalue weighted by Gasteiger charge is -2.06. The minimum absolute atomic E-state index is 0.134. The van der Waals surface area contributed by atoms with Gasteiger partial charge in [0.2, 0.25) is 0 Å². The van der Waals surface area contributed by atoms with E-state index in [2.05, 4.69) is 15.3 Å². The standard InChI is InChI=1S/C19H17N3O/c1-14-5-7-15(8-6-14)12-22-19(23)16-9-10-18(21-13-16)17-4-2-3-11-20-17/h2-11,13H,12H2,1H3,(H,22,23). The maximum atomic E-state index is 12.2. The second kappa shape index (κ2) is 6.83. The number of carbonyl (C=O) groups excluding carboxylic acids is 1. The fraction of sp³-hybridized carbons (Fsp3) is 0.105. The lowest BCUT2D eigenvalue weighted by atomic mass is 10.1. The van der Waals surface area contributed by atoms with Crippen molar-refractivity contribution in [3.8, 4) is 11.4 Å². The van der Waals surface area contributed by atoms with Crippen LogP contribution in [-0.2, 0) is 6.54 Å². The van der Waals surface area contributed by atoms with Crippen LogP contribution in [0, 0.1) is 6.92 Å². The van der Waals surface area contributed by atoms with E-state index in [0.29, 0.717) is 12.1 Å². The van der Waals surface area contributed by atoms with Gasteiger partial charge in [-0.1, -0.05) is 35.9 Å². The molecule has 114 valence electrons. The highest BCUT2D eigenvalue weighted by molar-refractivity contribution is 5.94. The van der Waals surface area contributed by atoms with Gasteiger partial charge in [0.15, 0.2) is 0 Å². The van der Waals surface area contributed by atoms with Gasteiger partial charge in [0.1, 0.15) is 0 Å². The quantitative estimate of drug-likeness (QED) is 0.804. The van der Waals surface area contributed by atoms with Crippen LogP contribution in [0.5, 0.6) is 0 Å². The highest BCUT2D eigenvalue weighted by Crippen LogP contribution is 2.13. The first-order chi connectivity index (χ1) is 11.2. The van der Waals surface area contributed by atoms with E-state index in [-0.39, 0.29) is 5.91 Å². The van der Waals surface area contributed by atoms with Crippen LogP contribution in [0.25, 0.3) is 11.4 Å². The molecule has 0 saturated carbocycles. The predicted molar refractivity (Wildman–Crippen MR) is 89.8 cm³/mol. The van der Waals surface area contributed by atoms with Crippen molar-refractivity contribution in [3.05, 3.63) is 83.7 Å². The van der Waals surface area contributed by atoms with Gasteiger partial charge in [0.25, 0.3) is 5.91 Å². The topological polar surface area (TPSA) is 54.9 Å². The summed E-state index contributed by atoms with van der Waals surface area (Å²) in [7, 11) is 0. The molecule has 23 heavy (non-hydrogen) atoms. The number of hydrogen-bond donors (Lipinski definition) is 1. The molecule has 0 bridgehead atoms. The molecule has 0 aliphatic heterocycles. The maximum absolute atomic E-state index is 12.2. The maximum Gasteiger partial charge on any atom is 0.253 e. The van der Waals surface area contributed by atoms with E-state index in [1.807, 2.05) is 55.5 Å². The zero-order valence-corrected chi connectivity index (χ0v) is 12.9. The molecule has 4 heteroatoms. The number of carbonyl (C=O) groups is 1. The zero-order chi connectivity index (χ0) is 16.1. The average Bonchev–Trinajstić information content (AvgIpc) is 2.62. The van der Waals surface area contributed by atoms with Gasteiger partial charge in [0.05, 0.1) is 17.0 Å². The fourth-order valence-corrected chi connectivity index (χ4v) is 2.18. The Labute approximate surface area is 135 Å². The molecule has 2 heterocycles. The van der Waals surface area contributed by atoms with Gasteiger partial charge in [-0.3, -0.25) is 14.8 Å². The number of benzene rings is 1. The number of rotatable bonds is 4. The average molecular weight is 303 g/mol. The third kappa shape index (κ3) is 3.80. The summed E-state index contributed by atoms with van der Waals surface area (Å²) >= 11 is 0. The number of pyridine rings is 2. The van der Waals surface area contributed by atoms with Crippen LogP contribution < -0.4 is 5.32 Å². The van der Waals surface area contributed by atoms with Crippen molar-refractivity contribution in [2.45, 2.75) is 13.5 Å². The van der Waals surface area contributed by atoms with E-state index in [4.69, 9.17) is 0 Å². The summed E-state index contributed by atoms with van der Waals surface area (Å²) in [6, 6.07) is 17.3. The Hall–Kier alpha value is -3.01. The summed E-state index contributed by atoms with van der Waals surface area (Å²) in [6.45, 7) is 2.54. The third-order valence-corrected chi connectivity index (χ3v) is 3.53. The van der Waals surface area contributed by atoms with E-state index >= 15 is 0 Å². The van der Waals surface area contributed by atoms with Crippen molar-refractivity contribution in [3.63, 3.8) is 0 Å². The Bertz CT molecular complexity index is 781. The van der Waals surface area contributed by atoms with E-state index in [0.717, 1.165) is 17.0 Å². The smallest absolute Gasteiger partial charge is 0.253 e. The highest BCUT2D eigenvalue weighted by Gasteiger charge is 2.07. The van der Waals surface area contributed by atoms with Crippen molar-refractivity contribution in [2.24, 2.45) is 0 Å². The number of nitrogens with zero attached hydrogens (tertiary/aromatic N) is 2. The zero-order valence-electron chi connectivity index (χ0n) is 12.9. The second-order valence-corrected chi connectivity index (χ2v) is 5.32. The molecule has 0 radical (unpaired) electrons. The summed E-state index contributed by atoms with van der Waals surface area (Å²) < 4.78 is 0. The molecule has 0 unspecified atom stereocenters. The molecule has 0 aliphatic carbocycles. The first kappa shape index (κ1) is 14.9. The van der Waals surface area contributed by atoms with E-state index in [1.165, 1.54) is 5.56 Å². The van der Waals surface area contributed by atoms with Crippen LogP contribution in [0.3, 0.4) is 0 Å². The molecule has 0 atom stereocenters. The largest absolute Gasteiger partial charge is 0.348 e. The van der Waals surface area contributed by atoms with Gasteiger partial charge in [-0.15, -0.1) is 0 Å². The minimum Gasteiger partial charge on any atom is -0.348 e. The summed E-state index contributed by atoms with van der Waals surface area (Å²) in [4.78, 5) is 20.7. The predicted octanol–water partition coefficient (Wildman–Crippen LogP) is 3.38. The fourth-order valence-electron chi connectivity index (χ4n) is 2.18. The Morgan fingerprint density at radius 1 is 0.957 bits per heavy atom. The molecule has 2 aromatic heterocycles. The molecular formula is C19H17N3O. The minimum atomic E-state index is -0.134. The van der Waals surface area contributed by atoms with Crippen molar-refractivity contribution in [2.75, 3.05) is 0 Å². The van der Waals surface area contributed by atoms with E-state index in [9.17, 15) is 4.79 Å². The van der Waals surface area contributed by atoms with Crippen LogP contribution in [0.2, 0.25) is 0 Å². The number of amides is 1. The van der Waals surface area contributed by atoms with Gasteiger partial charge >= 0.3 is 0 Å². The monoisotopic (exact) mass is 303 g/mol. The first-order valence-corrected chi connectivity index (χ1v) is 7.43. The Morgan fingerprint density at radius 2 is 1.74 bits per heavy atom. The molecule has 3 aromatic rings. The number of nitrogens with one attached hydrogen (secondary N) is 1. The van der Waals surface area contributed by atoms with E-state index < -0.39 is 0 Å². The Balaban J connectivity index is 1.65. The van der Waals surface area contributed by atoms with Crippen LogP contribution in [0.4, 0.5) is 0 Å². The number of aryl methyl sites for hydroxylation is 1. The van der Waals surface area contributed by atoms with Gasteiger partial charge in [0, 0.05) is 18.9 Å². The molecular weight excluding hydrogens is 286 g/mol. The van der Waals surface area contributed by atoms with Crippen molar-refractivity contribution >= 4 is 5.91 Å². The van der Waals surface area contributed by atoms with E-state index in [1.54, 1.807) is 18.5 Å². The van der Waals surface area contributed by atoms with Crippen molar-refractivity contribution in [1.29, 1.82) is 0 Å². The molecule has 1 amide bonds. The van der Waals surface area contributed by atoms with Crippen molar-refractivity contribution in [1.82, 2.24) is 15.3 Å². The summed E-state index contributed by atoms with van der Waals surface area (Å²) in [5, 5.41) is 2.90. The van der Waals surface area contributed by atoms with Crippen molar-refractivity contribution < 1.29 is 4.79 Å². The Kier molecular flexibility index (Phi) is 4.43. The van der Waals surface area contributed by atoms with Gasteiger partial charge in [-0.25, -0.2) is 0 Å². The molecule has 1 aromatic carbocycles. The van der Waals surface area contributed by atoms with Crippen LogP contribution in [0.15, 0.2) is 67.0 Å².